The van der Waals surface area contributed by atoms with Crippen molar-refractivity contribution in [2.45, 2.75) is 32.4 Å². The molecule has 0 aromatic carbocycles. The van der Waals surface area contributed by atoms with Crippen LogP contribution >= 0.6 is 0 Å². The average Bonchev–Trinajstić information content (AvgIpc) is 1.83. The molecule has 0 bridgehead atoms. The van der Waals surface area contributed by atoms with Crippen molar-refractivity contribution >= 4 is 0 Å². The van der Waals surface area contributed by atoms with Gasteiger partial charge in [-0.15, -0.1) is 0 Å². The molecule has 0 N–H and O–H groups in total. The summed E-state index contributed by atoms with van der Waals surface area (Å²) in [5.41, 5.74) is 0. The number of hydrogen-bond donors (Lipinski definition) is 0. The zero-order valence-corrected chi connectivity index (χ0v) is 5.02. The van der Waals surface area contributed by atoms with Crippen molar-refractivity contribution in [2.75, 3.05) is 0 Å². The van der Waals surface area contributed by atoms with Gasteiger partial charge in [-0.3, -0.25) is 0 Å². The first kappa shape index (κ1) is 7.42. The lowest BCUT2D eigenvalue weighted by Gasteiger charge is -1.92. The lowest BCUT2D eigenvalue weighted by Crippen LogP contribution is -1.93. The minimum absolute atomic E-state index is 0.396. The van der Waals surface area contributed by atoms with Crippen LogP contribution in [-0.4, -0.2) is 6.17 Å². The van der Waals surface area contributed by atoms with E-state index in [4.69, 9.17) is 5.26 Å². The monoisotopic (exact) mass is 115 g/mol. The number of unbranched alkanes of at least 4 members (excludes halogenated alkanes) is 1. The SMILES string of the molecule is CCCCC(F)C#N. The topological polar surface area (TPSA) is 23.8 Å². The van der Waals surface area contributed by atoms with E-state index in [1.807, 2.05) is 6.92 Å². The Morgan fingerprint density at radius 3 is 2.75 bits per heavy atom. The lowest BCUT2D eigenvalue weighted by molar-refractivity contribution is 0.377. The second-order valence-electron chi connectivity index (χ2n) is 1.74. The normalized spacial score (nSPS) is 12.6. The highest BCUT2D eigenvalue weighted by Gasteiger charge is 1.99. The maximum absolute atomic E-state index is 12.0. The summed E-state index contributed by atoms with van der Waals surface area (Å²) in [6.07, 6.45) is 0.930. The van der Waals surface area contributed by atoms with Crippen LogP contribution in [0.4, 0.5) is 4.39 Å². The summed E-state index contributed by atoms with van der Waals surface area (Å²) >= 11 is 0. The van der Waals surface area contributed by atoms with Gasteiger partial charge in [-0.05, 0) is 12.8 Å². The molecular weight excluding hydrogens is 105 g/mol. The quantitative estimate of drug-likeness (QED) is 0.552. The Morgan fingerprint density at radius 2 is 2.38 bits per heavy atom. The number of alkyl halides is 1. The third kappa shape index (κ3) is 3.60. The second-order valence-corrected chi connectivity index (χ2v) is 1.74. The molecule has 46 valence electrons. The molecule has 8 heavy (non-hydrogen) atoms. The van der Waals surface area contributed by atoms with Gasteiger partial charge in [0, 0.05) is 0 Å². The predicted molar refractivity (Wildman–Crippen MR) is 30.0 cm³/mol. The Kier molecular flexibility index (Phi) is 4.24. The van der Waals surface area contributed by atoms with Gasteiger partial charge in [-0.2, -0.15) is 5.26 Å². The number of nitrogens with zero attached hydrogens (tertiary/aromatic N) is 1. The third-order valence-corrected chi connectivity index (χ3v) is 0.951. The molecule has 1 unspecified atom stereocenters. The van der Waals surface area contributed by atoms with E-state index in [0.29, 0.717) is 6.42 Å². The van der Waals surface area contributed by atoms with Crippen molar-refractivity contribution in [3.8, 4) is 6.07 Å². The van der Waals surface area contributed by atoms with Gasteiger partial charge in [0.25, 0.3) is 0 Å². The molecule has 0 fully saturated rings. The van der Waals surface area contributed by atoms with Crippen LogP contribution in [0.25, 0.3) is 0 Å². The van der Waals surface area contributed by atoms with Crippen LogP contribution in [0.1, 0.15) is 26.2 Å². The Morgan fingerprint density at radius 1 is 1.75 bits per heavy atom. The molecule has 0 aromatic heterocycles. The van der Waals surface area contributed by atoms with Gasteiger partial charge < -0.3 is 0 Å². The molecule has 0 heterocycles. The first-order valence-electron chi connectivity index (χ1n) is 2.85. The smallest absolute Gasteiger partial charge is 0.186 e. The van der Waals surface area contributed by atoms with Crippen molar-refractivity contribution in [1.82, 2.24) is 0 Å². The highest BCUT2D eigenvalue weighted by Crippen LogP contribution is 2.01. The molecule has 0 aromatic rings. The molecule has 0 aliphatic heterocycles. The zero-order valence-electron chi connectivity index (χ0n) is 5.02. The van der Waals surface area contributed by atoms with Gasteiger partial charge in [-0.1, -0.05) is 13.3 Å². The van der Waals surface area contributed by atoms with E-state index in [2.05, 4.69) is 0 Å². The molecule has 0 amide bonds. The van der Waals surface area contributed by atoms with Gasteiger partial charge in [0.05, 0.1) is 6.07 Å². The van der Waals surface area contributed by atoms with Gasteiger partial charge in [0.1, 0.15) is 0 Å². The molecule has 0 aliphatic rings. The van der Waals surface area contributed by atoms with E-state index in [-0.39, 0.29) is 0 Å². The lowest BCUT2D eigenvalue weighted by atomic mass is 10.2. The van der Waals surface area contributed by atoms with Gasteiger partial charge in [-0.25, -0.2) is 4.39 Å². The molecule has 2 heteroatoms. The zero-order chi connectivity index (χ0) is 6.41. The number of nitriles is 1. The average molecular weight is 115 g/mol. The van der Waals surface area contributed by atoms with Crippen molar-refractivity contribution in [2.24, 2.45) is 0 Å². The molecule has 1 atom stereocenters. The highest BCUT2D eigenvalue weighted by atomic mass is 19.1. The van der Waals surface area contributed by atoms with Gasteiger partial charge >= 0.3 is 0 Å². The second kappa shape index (κ2) is 4.58. The number of halogens is 1. The van der Waals surface area contributed by atoms with Crippen molar-refractivity contribution in [1.29, 1.82) is 5.26 Å². The molecular formula is C6H10FN. The minimum Gasteiger partial charge on any atom is -0.231 e. The van der Waals surface area contributed by atoms with Gasteiger partial charge in [0.15, 0.2) is 6.17 Å². The van der Waals surface area contributed by atoms with Crippen LogP contribution in [0.5, 0.6) is 0 Å². The van der Waals surface area contributed by atoms with E-state index in [9.17, 15) is 4.39 Å². The molecule has 0 aliphatic carbocycles. The fourth-order valence-corrected chi connectivity index (χ4v) is 0.448. The standard InChI is InChI=1S/C6H10FN/c1-2-3-4-6(7)5-8/h6H,2-4H2,1H3. The molecule has 0 spiro atoms. The largest absolute Gasteiger partial charge is 0.231 e. The van der Waals surface area contributed by atoms with Crippen LogP contribution in [0.2, 0.25) is 0 Å². The van der Waals surface area contributed by atoms with Crippen LogP contribution in [0, 0.1) is 11.3 Å². The van der Waals surface area contributed by atoms with Crippen molar-refractivity contribution in [3.63, 3.8) is 0 Å². The van der Waals surface area contributed by atoms with E-state index in [1.54, 1.807) is 0 Å². The first-order chi connectivity index (χ1) is 3.81. The Bertz CT molecular complexity index is 85.0. The molecule has 0 radical (unpaired) electrons. The van der Waals surface area contributed by atoms with Crippen LogP contribution in [-0.2, 0) is 0 Å². The number of hydrogen-bond acceptors (Lipinski definition) is 1. The Balaban J connectivity index is 3.02. The maximum Gasteiger partial charge on any atom is 0.186 e. The summed E-state index contributed by atoms with van der Waals surface area (Å²) in [6.45, 7) is 1.98. The van der Waals surface area contributed by atoms with E-state index < -0.39 is 6.17 Å². The van der Waals surface area contributed by atoms with Crippen molar-refractivity contribution in [3.05, 3.63) is 0 Å². The van der Waals surface area contributed by atoms with E-state index in [1.165, 1.54) is 6.07 Å². The third-order valence-electron chi connectivity index (χ3n) is 0.951. The molecule has 0 rings (SSSR count). The summed E-state index contributed by atoms with van der Waals surface area (Å²) < 4.78 is 12.0. The van der Waals surface area contributed by atoms with Gasteiger partial charge in [0.2, 0.25) is 0 Å². The fourth-order valence-electron chi connectivity index (χ4n) is 0.448. The van der Waals surface area contributed by atoms with E-state index >= 15 is 0 Å². The Hall–Kier alpha value is -0.580. The van der Waals surface area contributed by atoms with E-state index in [0.717, 1.165) is 12.8 Å². The highest BCUT2D eigenvalue weighted by molar-refractivity contribution is 4.81. The predicted octanol–water partition coefficient (Wildman–Crippen LogP) is 2.04. The summed E-state index contributed by atoms with van der Waals surface area (Å²) in [5.74, 6) is 0. The van der Waals surface area contributed by atoms with Crippen molar-refractivity contribution < 1.29 is 4.39 Å². The van der Waals surface area contributed by atoms with Crippen LogP contribution < -0.4 is 0 Å². The summed E-state index contributed by atoms with van der Waals surface area (Å²) in [4.78, 5) is 0. The summed E-state index contributed by atoms with van der Waals surface area (Å²) in [6, 6.07) is 1.53. The Labute approximate surface area is 49.1 Å². The summed E-state index contributed by atoms with van der Waals surface area (Å²) in [7, 11) is 0. The molecule has 0 saturated carbocycles. The minimum atomic E-state index is -1.24. The molecule has 1 nitrogen and oxygen atoms in total. The maximum atomic E-state index is 12.0. The first-order valence-corrected chi connectivity index (χ1v) is 2.85. The fraction of sp³-hybridized carbons (Fsp3) is 0.833. The van der Waals surface area contributed by atoms with Crippen LogP contribution in [0.15, 0.2) is 0 Å². The van der Waals surface area contributed by atoms with Crippen LogP contribution in [0.3, 0.4) is 0 Å². The number of rotatable bonds is 3. The summed E-state index contributed by atoms with van der Waals surface area (Å²) in [5, 5.41) is 7.94. The molecule has 0 saturated heterocycles.